The molecule has 1 amide bonds. The van der Waals surface area contributed by atoms with Crippen molar-refractivity contribution >= 4 is 37.6 Å². The van der Waals surface area contributed by atoms with Crippen LogP contribution in [0.25, 0.3) is 0 Å². The van der Waals surface area contributed by atoms with E-state index < -0.39 is 38.5 Å². The van der Waals surface area contributed by atoms with Gasteiger partial charge in [0, 0.05) is 11.6 Å². The van der Waals surface area contributed by atoms with E-state index in [9.17, 15) is 21.6 Å². The number of ether oxygens (including phenoxy) is 1. The Balaban J connectivity index is 2.18. The molecule has 13 heteroatoms. The summed E-state index contributed by atoms with van der Waals surface area (Å²) in [5.41, 5.74) is 1.30. The van der Waals surface area contributed by atoms with Gasteiger partial charge in [0.15, 0.2) is 0 Å². The Morgan fingerprint density at radius 3 is 2.03 bits per heavy atom. The van der Waals surface area contributed by atoms with Crippen LogP contribution in [0.3, 0.4) is 0 Å². The van der Waals surface area contributed by atoms with E-state index in [4.69, 9.17) is 21.5 Å². The van der Waals surface area contributed by atoms with Crippen molar-refractivity contribution in [3.8, 4) is 5.75 Å². The smallest absolute Gasteiger partial charge is 0.262 e. The number of sulfonamides is 2. The predicted octanol–water partition coefficient (Wildman–Crippen LogP) is 0.479. The highest BCUT2D eigenvalue weighted by molar-refractivity contribution is 7.90. The third kappa shape index (κ3) is 6.13. The highest BCUT2D eigenvalue weighted by Crippen LogP contribution is 2.16. The van der Waals surface area contributed by atoms with Crippen LogP contribution in [0.1, 0.15) is 0 Å². The Kier molecular flexibility index (Phi) is 7.57. The number of halogens is 1. The zero-order valence-electron chi connectivity index (χ0n) is 15.0. The van der Waals surface area contributed by atoms with E-state index in [1.54, 1.807) is 0 Å². The summed E-state index contributed by atoms with van der Waals surface area (Å²) in [5.74, 6) is -0.711. The van der Waals surface area contributed by atoms with Gasteiger partial charge < -0.3 is 4.74 Å². The van der Waals surface area contributed by atoms with Gasteiger partial charge in [-0.3, -0.25) is 10.0 Å². The number of carbonyl (C=O) groups is 1. The second-order valence-corrected chi connectivity index (χ2v) is 9.55. The minimum Gasteiger partial charge on any atom is -0.497 e. The molecule has 29 heavy (non-hydrogen) atoms. The van der Waals surface area contributed by atoms with Crippen LogP contribution in [0, 0.1) is 0 Å². The molecule has 0 saturated heterocycles. The fraction of sp³-hybridized carbons (Fsp3) is 0.188. The maximum Gasteiger partial charge on any atom is 0.262 e. The fourth-order valence-corrected chi connectivity index (χ4v) is 4.53. The molecule has 0 aromatic heterocycles. The van der Waals surface area contributed by atoms with Gasteiger partial charge in [-0.1, -0.05) is 11.6 Å². The van der Waals surface area contributed by atoms with E-state index in [1.807, 2.05) is 4.72 Å². The number of hydrogen-bond acceptors (Lipinski definition) is 7. The molecule has 2 rings (SSSR count). The zero-order chi connectivity index (χ0) is 21.7. The van der Waals surface area contributed by atoms with Crippen molar-refractivity contribution in [2.24, 2.45) is 0 Å². The number of hydrogen-bond donors (Lipinski definition) is 4. The topological polar surface area (TPSA) is 151 Å². The largest absolute Gasteiger partial charge is 0.497 e. The van der Waals surface area contributed by atoms with E-state index in [0.29, 0.717) is 10.8 Å². The molecule has 1 unspecified atom stereocenters. The molecule has 0 fully saturated rings. The normalized spacial score (nSPS) is 12.9. The second kappa shape index (κ2) is 9.52. The second-order valence-electron chi connectivity index (χ2n) is 5.63. The Labute approximate surface area is 172 Å². The molecular weight excluding hydrogens is 446 g/mol. The fourth-order valence-electron chi connectivity index (χ4n) is 2.17. The van der Waals surface area contributed by atoms with Crippen LogP contribution in [-0.2, 0) is 24.8 Å². The third-order valence-corrected chi connectivity index (χ3v) is 6.87. The van der Waals surface area contributed by atoms with Crippen molar-refractivity contribution < 1.29 is 31.6 Å². The summed E-state index contributed by atoms with van der Waals surface area (Å²) in [4.78, 5) is 11.5. The third-order valence-electron chi connectivity index (χ3n) is 3.70. The van der Waals surface area contributed by atoms with E-state index in [1.165, 1.54) is 61.1 Å². The first kappa shape index (κ1) is 23.1. The standard InChI is InChI=1S/C16H18ClN3O7S2/c1-27-12-4-8-13(9-5-12)28(23,24)18-10-15(16(21)19-22)20-29(25,26)14-6-2-11(17)3-7-14/h2-9,15,18,20,22H,10H2,1H3,(H,19,21). The van der Waals surface area contributed by atoms with Crippen LogP contribution in [0.2, 0.25) is 5.02 Å². The van der Waals surface area contributed by atoms with Crippen LogP contribution >= 0.6 is 11.6 Å². The lowest BCUT2D eigenvalue weighted by molar-refractivity contribution is -0.130. The van der Waals surface area contributed by atoms with Crippen molar-refractivity contribution in [2.45, 2.75) is 15.8 Å². The van der Waals surface area contributed by atoms with Gasteiger partial charge in [-0.15, -0.1) is 0 Å². The molecule has 2 aromatic carbocycles. The Bertz CT molecular complexity index is 1060. The molecule has 0 aliphatic carbocycles. The minimum absolute atomic E-state index is 0.123. The van der Waals surface area contributed by atoms with E-state index in [-0.39, 0.29) is 9.79 Å². The zero-order valence-corrected chi connectivity index (χ0v) is 17.4. The summed E-state index contributed by atoms with van der Waals surface area (Å²) in [6.07, 6.45) is 0. The molecule has 0 bridgehead atoms. The molecule has 1 atom stereocenters. The molecule has 158 valence electrons. The summed E-state index contributed by atoms with van der Waals surface area (Å²) in [6, 6.07) is 8.87. The molecule has 0 saturated carbocycles. The lowest BCUT2D eigenvalue weighted by atomic mass is 10.3. The molecule has 2 aromatic rings. The molecule has 0 aliphatic heterocycles. The monoisotopic (exact) mass is 463 g/mol. The molecule has 0 heterocycles. The first-order valence-electron chi connectivity index (χ1n) is 7.94. The number of nitrogens with one attached hydrogen (secondary N) is 3. The van der Waals surface area contributed by atoms with Crippen LogP contribution in [-0.4, -0.2) is 47.6 Å². The maximum absolute atomic E-state index is 12.4. The van der Waals surface area contributed by atoms with Gasteiger partial charge in [-0.2, -0.15) is 4.72 Å². The van der Waals surface area contributed by atoms with Gasteiger partial charge in [0.2, 0.25) is 20.0 Å². The molecule has 10 nitrogen and oxygen atoms in total. The van der Waals surface area contributed by atoms with Gasteiger partial charge in [-0.25, -0.2) is 27.0 Å². The number of amides is 1. The maximum atomic E-state index is 12.4. The number of carbonyl (C=O) groups excluding carboxylic acids is 1. The predicted molar refractivity (Wildman–Crippen MR) is 104 cm³/mol. The van der Waals surface area contributed by atoms with Crippen LogP contribution in [0.15, 0.2) is 58.3 Å². The van der Waals surface area contributed by atoms with E-state index in [2.05, 4.69) is 4.72 Å². The first-order chi connectivity index (χ1) is 13.6. The van der Waals surface area contributed by atoms with Crippen LogP contribution in [0.4, 0.5) is 0 Å². The van der Waals surface area contributed by atoms with Gasteiger partial charge in [0.1, 0.15) is 11.8 Å². The van der Waals surface area contributed by atoms with Gasteiger partial charge in [0.05, 0.1) is 16.9 Å². The number of rotatable bonds is 9. The summed E-state index contributed by atoms with van der Waals surface area (Å²) in [6.45, 7) is -0.659. The molecular formula is C16H18ClN3O7S2. The van der Waals surface area contributed by atoms with Crippen LogP contribution in [0.5, 0.6) is 5.75 Å². The van der Waals surface area contributed by atoms with E-state index >= 15 is 0 Å². The van der Waals surface area contributed by atoms with Gasteiger partial charge in [-0.05, 0) is 48.5 Å². The Hall–Kier alpha value is -2.22. The lowest BCUT2D eigenvalue weighted by Crippen LogP contribution is -2.51. The molecule has 0 aliphatic rings. The van der Waals surface area contributed by atoms with Crippen LogP contribution < -0.4 is 19.7 Å². The lowest BCUT2D eigenvalue weighted by Gasteiger charge is -2.18. The average Bonchev–Trinajstić information content (AvgIpc) is 2.70. The van der Waals surface area contributed by atoms with Gasteiger partial charge in [0.25, 0.3) is 5.91 Å². The molecule has 4 N–H and O–H groups in total. The average molecular weight is 464 g/mol. The molecule has 0 radical (unpaired) electrons. The summed E-state index contributed by atoms with van der Waals surface area (Å²) < 4.78 is 58.7. The number of methoxy groups -OCH3 is 1. The van der Waals surface area contributed by atoms with Crippen molar-refractivity contribution in [1.29, 1.82) is 0 Å². The molecule has 0 spiro atoms. The highest BCUT2D eigenvalue weighted by atomic mass is 35.5. The summed E-state index contributed by atoms with van der Waals surface area (Å²) >= 11 is 5.72. The van der Waals surface area contributed by atoms with E-state index in [0.717, 1.165) is 0 Å². The summed E-state index contributed by atoms with van der Waals surface area (Å²) in [5, 5.41) is 9.18. The number of benzene rings is 2. The minimum atomic E-state index is -4.20. The van der Waals surface area contributed by atoms with Crippen molar-refractivity contribution in [1.82, 2.24) is 14.9 Å². The van der Waals surface area contributed by atoms with Crippen molar-refractivity contribution in [2.75, 3.05) is 13.7 Å². The van der Waals surface area contributed by atoms with Crippen molar-refractivity contribution in [3.63, 3.8) is 0 Å². The van der Waals surface area contributed by atoms with Gasteiger partial charge >= 0.3 is 0 Å². The van der Waals surface area contributed by atoms with Crippen molar-refractivity contribution in [3.05, 3.63) is 53.6 Å². The first-order valence-corrected chi connectivity index (χ1v) is 11.3. The SMILES string of the molecule is COc1ccc(S(=O)(=O)NCC(NS(=O)(=O)c2ccc(Cl)cc2)C(=O)NO)cc1. The summed E-state index contributed by atoms with van der Waals surface area (Å²) in [7, 11) is -6.85. The number of hydroxylamine groups is 1. The highest BCUT2D eigenvalue weighted by Gasteiger charge is 2.27. The Morgan fingerprint density at radius 2 is 1.52 bits per heavy atom. The Morgan fingerprint density at radius 1 is 1.00 bits per heavy atom. The quantitative estimate of drug-likeness (QED) is 0.312.